The second kappa shape index (κ2) is 5.24. The summed E-state index contributed by atoms with van der Waals surface area (Å²) >= 11 is 0. The van der Waals surface area contributed by atoms with Crippen LogP contribution in [0.3, 0.4) is 0 Å². The average molecular weight is 315 g/mol. The maximum Gasteiger partial charge on any atom is 0.265 e. The highest BCUT2D eigenvalue weighted by Crippen LogP contribution is 2.41. The van der Waals surface area contributed by atoms with Gasteiger partial charge in [-0.3, -0.25) is 9.69 Å². The van der Waals surface area contributed by atoms with E-state index in [1.54, 1.807) is 11.0 Å². The Morgan fingerprint density at radius 1 is 1.00 bits per heavy atom. The zero-order valence-corrected chi connectivity index (χ0v) is 13.4. The largest absolute Gasteiger partial charge is 0.463 e. The number of amides is 1. The zero-order chi connectivity index (χ0) is 16.7. The Morgan fingerprint density at radius 3 is 2.46 bits per heavy atom. The molecule has 1 amide bonds. The van der Waals surface area contributed by atoms with Gasteiger partial charge in [0.25, 0.3) is 5.91 Å². The molecule has 0 spiro atoms. The van der Waals surface area contributed by atoms with Gasteiger partial charge in [0.2, 0.25) is 5.72 Å². The molecule has 3 aromatic rings. The minimum absolute atomic E-state index is 0.0874. The number of rotatable bonds is 2. The van der Waals surface area contributed by atoms with E-state index in [4.69, 9.17) is 4.74 Å². The smallest absolute Gasteiger partial charge is 0.265 e. The number of anilines is 1. The van der Waals surface area contributed by atoms with Crippen LogP contribution in [0.25, 0.3) is 10.8 Å². The summed E-state index contributed by atoms with van der Waals surface area (Å²) in [6, 6.07) is 21.2. The Hall–Kier alpha value is -3.07. The van der Waals surface area contributed by atoms with Crippen LogP contribution in [0.2, 0.25) is 0 Å². The van der Waals surface area contributed by atoms with Gasteiger partial charge >= 0.3 is 0 Å². The van der Waals surface area contributed by atoms with Crippen molar-refractivity contribution in [2.75, 3.05) is 4.90 Å². The molecule has 3 heteroatoms. The highest BCUT2D eigenvalue weighted by Gasteiger charge is 2.42. The van der Waals surface area contributed by atoms with Gasteiger partial charge in [-0.2, -0.15) is 0 Å². The van der Waals surface area contributed by atoms with E-state index in [0.29, 0.717) is 11.3 Å². The van der Waals surface area contributed by atoms with Crippen LogP contribution in [0.4, 0.5) is 5.69 Å². The van der Waals surface area contributed by atoms with Crippen LogP contribution in [0.15, 0.2) is 79.4 Å². The van der Waals surface area contributed by atoms with Crippen LogP contribution in [0.1, 0.15) is 17.3 Å². The maximum absolute atomic E-state index is 13.2. The molecule has 0 aromatic heterocycles. The molecular weight excluding hydrogens is 298 g/mol. The molecule has 24 heavy (non-hydrogen) atoms. The normalized spacial score (nSPS) is 19.7. The number of ether oxygens (including phenoxy) is 1. The van der Waals surface area contributed by atoms with E-state index >= 15 is 0 Å². The Morgan fingerprint density at radius 2 is 1.71 bits per heavy atom. The van der Waals surface area contributed by atoms with Crippen molar-refractivity contribution in [1.82, 2.24) is 0 Å². The Labute approximate surface area is 140 Å². The standard InChI is InChI=1S/C21H17NO2/c1-3-21(2)22(16-10-5-4-6-11-16)20(23)18-14-13-15-9-7-8-12-17(15)19(18)24-21/h3-14H,1H2,2H3. The third kappa shape index (κ3) is 2.02. The molecule has 1 heterocycles. The summed E-state index contributed by atoms with van der Waals surface area (Å²) in [4.78, 5) is 14.9. The Balaban J connectivity index is 1.97. The minimum atomic E-state index is -0.949. The number of para-hydroxylation sites is 1. The monoisotopic (exact) mass is 315 g/mol. The van der Waals surface area contributed by atoms with Gasteiger partial charge in [-0.05, 0) is 36.6 Å². The van der Waals surface area contributed by atoms with E-state index in [1.807, 2.05) is 73.7 Å². The molecule has 1 unspecified atom stereocenters. The van der Waals surface area contributed by atoms with Crippen molar-refractivity contribution >= 4 is 22.4 Å². The summed E-state index contributed by atoms with van der Waals surface area (Å²) in [6.07, 6.45) is 1.67. The first-order valence-corrected chi connectivity index (χ1v) is 7.88. The van der Waals surface area contributed by atoms with E-state index in [2.05, 4.69) is 6.58 Å². The number of carbonyl (C=O) groups excluding carboxylic acids is 1. The first-order chi connectivity index (χ1) is 11.6. The van der Waals surface area contributed by atoms with Gasteiger partial charge < -0.3 is 4.74 Å². The molecule has 1 aliphatic heterocycles. The molecule has 0 radical (unpaired) electrons. The summed E-state index contributed by atoms with van der Waals surface area (Å²) in [5, 5.41) is 1.98. The highest BCUT2D eigenvalue weighted by atomic mass is 16.5. The fourth-order valence-corrected chi connectivity index (χ4v) is 3.18. The van der Waals surface area contributed by atoms with Crippen molar-refractivity contribution in [1.29, 1.82) is 0 Å². The van der Waals surface area contributed by atoms with Crippen LogP contribution >= 0.6 is 0 Å². The fourth-order valence-electron chi connectivity index (χ4n) is 3.18. The molecular formula is C21H17NO2. The van der Waals surface area contributed by atoms with Crippen LogP contribution in [-0.2, 0) is 0 Å². The zero-order valence-electron chi connectivity index (χ0n) is 13.4. The molecule has 0 aliphatic carbocycles. The average Bonchev–Trinajstić information content (AvgIpc) is 2.62. The Bertz CT molecular complexity index is 948. The molecule has 0 fully saturated rings. The lowest BCUT2D eigenvalue weighted by Gasteiger charge is -2.43. The van der Waals surface area contributed by atoms with Crippen molar-refractivity contribution in [3.8, 4) is 5.75 Å². The lowest BCUT2D eigenvalue weighted by Crippen LogP contribution is -2.56. The number of hydrogen-bond acceptors (Lipinski definition) is 2. The lowest BCUT2D eigenvalue weighted by atomic mass is 9.99. The molecule has 0 saturated carbocycles. The van der Waals surface area contributed by atoms with Gasteiger partial charge in [0.15, 0.2) is 0 Å². The van der Waals surface area contributed by atoms with Crippen LogP contribution < -0.4 is 9.64 Å². The summed E-state index contributed by atoms with van der Waals surface area (Å²) in [5.74, 6) is 0.531. The lowest BCUT2D eigenvalue weighted by molar-refractivity contribution is 0.0748. The minimum Gasteiger partial charge on any atom is -0.463 e. The van der Waals surface area contributed by atoms with Crippen molar-refractivity contribution in [3.05, 3.63) is 84.9 Å². The van der Waals surface area contributed by atoms with E-state index < -0.39 is 5.72 Å². The second-order valence-corrected chi connectivity index (χ2v) is 6.00. The third-order valence-electron chi connectivity index (χ3n) is 4.46. The summed E-state index contributed by atoms with van der Waals surface area (Å²) in [7, 11) is 0. The summed E-state index contributed by atoms with van der Waals surface area (Å²) < 4.78 is 6.31. The van der Waals surface area contributed by atoms with Gasteiger partial charge in [-0.15, -0.1) is 0 Å². The van der Waals surface area contributed by atoms with Gasteiger partial charge in [-0.1, -0.05) is 55.1 Å². The fraction of sp³-hybridized carbons (Fsp3) is 0.0952. The molecule has 3 aromatic carbocycles. The number of hydrogen-bond donors (Lipinski definition) is 0. The van der Waals surface area contributed by atoms with E-state index in [-0.39, 0.29) is 5.91 Å². The predicted molar refractivity (Wildman–Crippen MR) is 96.4 cm³/mol. The van der Waals surface area contributed by atoms with Gasteiger partial charge in [-0.25, -0.2) is 0 Å². The van der Waals surface area contributed by atoms with Crippen LogP contribution in [0, 0.1) is 0 Å². The first kappa shape index (κ1) is 14.5. The predicted octanol–water partition coefficient (Wildman–Crippen LogP) is 4.78. The van der Waals surface area contributed by atoms with Crippen LogP contribution in [0.5, 0.6) is 5.75 Å². The summed E-state index contributed by atoms with van der Waals surface area (Å²) in [6.45, 7) is 5.76. The van der Waals surface area contributed by atoms with Gasteiger partial charge in [0, 0.05) is 11.1 Å². The van der Waals surface area contributed by atoms with Gasteiger partial charge in [0.1, 0.15) is 5.75 Å². The number of fused-ring (bicyclic) bond motifs is 3. The number of nitrogens with zero attached hydrogens (tertiary/aromatic N) is 1. The van der Waals surface area contributed by atoms with Gasteiger partial charge in [0.05, 0.1) is 5.56 Å². The van der Waals surface area contributed by atoms with E-state index in [0.717, 1.165) is 16.5 Å². The molecule has 4 rings (SSSR count). The second-order valence-electron chi connectivity index (χ2n) is 6.00. The Kier molecular flexibility index (Phi) is 3.17. The van der Waals surface area contributed by atoms with Crippen molar-refractivity contribution in [2.24, 2.45) is 0 Å². The molecule has 1 aliphatic rings. The van der Waals surface area contributed by atoms with E-state index in [9.17, 15) is 4.79 Å². The quantitative estimate of drug-likeness (QED) is 0.637. The maximum atomic E-state index is 13.2. The third-order valence-corrected chi connectivity index (χ3v) is 4.46. The molecule has 1 atom stereocenters. The van der Waals surface area contributed by atoms with Crippen molar-refractivity contribution in [3.63, 3.8) is 0 Å². The summed E-state index contributed by atoms with van der Waals surface area (Å²) in [5.41, 5.74) is 0.399. The van der Waals surface area contributed by atoms with Crippen molar-refractivity contribution in [2.45, 2.75) is 12.6 Å². The first-order valence-electron chi connectivity index (χ1n) is 7.88. The van der Waals surface area contributed by atoms with Crippen LogP contribution in [-0.4, -0.2) is 11.6 Å². The SMILES string of the molecule is C=CC1(C)Oc2c(ccc3ccccc23)C(=O)N1c1ccccc1. The molecule has 0 N–H and O–H groups in total. The molecule has 118 valence electrons. The number of benzene rings is 3. The number of carbonyl (C=O) groups is 1. The van der Waals surface area contributed by atoms with Crippen molar-refractivity contribution < 1.29 is 9.53 Å². The molecule has 0 saturated heterocycles. The molecule has 0 bridgehead atoms. The molecule has 3 nitrogen and oxygen atoms in total. The highest BCUT2D eigenvalue weighted by molar-refractivity contribution is 6.13. The topological polar surface area (TPSA) is 29.5 Å². The van der Waals surface area contributed by atoms with E-state index in [1.165, 1.54) is 0 Å².